The van der Waals surface area contributed by atoms with Gasteiger partial charge in [-0.15, -0.1) is 11.3 Å². The van der Waals surface area contributed by atoms with E-state index >= 15 is 0 Å². The third-order valence-electron chi connectivity index (χ3n) is 6.04. The molecule has 1 amide bonds. The number of phenolic OH excluding ortho intramolecular Hbond substituents is 1. The van der Waals surface area contributed by atoms with Crippen LogP contribution in [0, 0.1) is 0 Å². The van der Waals surface area contributed by atoms with E-state index in [0.29, 0.717) is 48.1 Å². The summed E-state index contributed by atoms with van der Waals surface area (Å²) in [5, 5.41) is 21.6. The summed E-state index contributed by atoms with van der Waals surface area (Å²) in [7, 11) is -3.70. The second-order valence-electron chi connectivity index (χ2n) is 8.71. The van der Waals surface area contributed by atoms with Crippen molar-refractivity contribution >= 4 is 49.6 Å². The number of aromatic nitrogens is 2. The Morgan fingerprint density at radius 2 is 2.03 bits per heavy atom. The highest BCUT2D eigenvalue weighted by Crippen LogP contribution is 2.33. The lowest BCUT2D eigenvalue weighted by Crippen LogP contribution is -2.51. The molecule has 0 unspecified atom stereocenters. The predicted octanol–water partition coefficient (Wildman–Crippen LogP) is 3.08. The molecule has 37 heavy (non-hydrogen) atoms. The summed E-state index contributed by atoms with van der Waals surface area (Å²) in [6.07, 6.45) is 0. The molecule has 12 heteroatoms. The quantitative estimate of drug-likeness (QED) is 0.303. The molecule has 0 aliphatic carbocycles. The van der Waals surface area contributed by atoms with Crippen LogP contribution in [0.5, 0.6) is 5.75 Å². The lowest BCUT2D eigenvalue weighted by atomic mass is 10.1. The van der Waals surface area contributed by atoms with Gasteiger partial charge in [0.1, 0.15) is 21.8 Å². The second-order valence-corrected chi connectivity index (χ2v) is 12.6. The van der Waals surface area contributed by atoms with E-state index in [1.165, 1.54) is 12.1 Å². The number of hydrogen-bond acceptors (Lipinski definition) is 8. The normalized spacial score (nSPS) is 16.2. The van der Waals surface area contributed by atoms with Crippen molar-refractivity contribution in [2.24, 2.45) is 0 Å². The fourth-order valence-corrected chi connectivity index (χ4v) is 7.13. The molecule has 2 aromatic carbocycles. The van der Waals surface area contributed by atoms with Gasteiger partial charge in [0.15, 0.2) is 9.84 Å². The van der Waals surface area contributed by atoms with Crippen LogP contribution in [0.1, 0.15) is 16.8 Å². The van der Waals surface area contributed by atoms with Crippen LogP contribution < -0.4 is 10.6 Å². The molecular formula is C25H25ClN4O5S2. The monoisotopic (exact) mass is 560 g/mol. The molecule has 0 spiro atoms. The second kappa shape index (κ2) is 10.8. The van der Waals surface area contributed by atoms with Gasteiger partial charge in [0.05, 0.1) is 40.7 Å². The van der Waals surface area contributed by atoms with Crippen LogP contribution >= 0.6 is 22.9 Å². The number of carbonyl (C=O) groups excluding carboxylic acids is 1. The largest absolute Gasteiger partial charge is 0.507 e. The summed E-state index contributed by atoms with van der Waals surface area (Å²) < 4.78 is 33.6. The standard InChI is InChI=1S/C25H25ClN4O5S2/c26-22-7-8-23(36-22)37(33,34)15-19-24-20(5-2-6-21(24)31)30(29-19)13-17-4-1-3-16(11-17)12-28-25(32)18-14-35-10-9-27-18/h1-8,11,18,27,31H,9-10,12-15H2,(H,28,32)/t18-/m0/s1. The highest BCUT2D eigenvalue weighted by molar-refractivity contribution is 7.92. The zero-order valence-corrected chi connectivity index (χ0v) is 22.1. The van der Waals surface area contributed by atoms with Crippen LogP contribution in [-0.2, 0) is 38.2 Å². The summed E-state index contributed by atoms with van der Waals surface area (Å²) in [4.78, 5) is 12.4. The zero-order chi connectivity index (χ0) is 26.0. The highest BCUT2D eigenvalue weighted by Gasteiger charge is 2.24. The number of phenols is 1. The molecule has 3 heterocycles. The van der Waals surface area contributed by atoms with Gasteiger partial charge in [-0.2, -0.15) is 5.10 Å². The number of rotatable bonds is 8. The Labute approximate surface area is 222 Å². The van der Waals surface area contributed by atoms with Crippen LogP contribution in [0.25, 0.3) is 10.9 Å². The Bertz CT molecular complexity index is 1540. The van der Waals surface area contributed by atoms with E-state index in [1.807, 2.05) is 24.3 Å². The lowest BCUT2D eigenvalue weighted by Gasteiger charge is -2.22. The van der Waals surface area contributed by atoms with E-state index in [9.17, 15) is 18.3 Å². The molecule has 194 valence electrons. The first-order valence-corrected chi connectivity index (χ1v) is 14.5. The fourth-order valence-electron chi connectivity index (χ4n) is 4.28. The number of morpholine rings is 1. The minimum absolute atomic E-state index is 0.0325. The third-order valence-corrected chi connectivity index (χ3v) is 9.48. The maximum atomic E-state index is 13.0. The van der Waals surface area contributed by atoms with Crippen LogP contribution in [0.15, 0.2) is 58.8 Å². The minimum Gasteiger partial charge on any atom is -0.507 e. The summed E-state index contributed by atoms with van der Waals surface area (Å²) >= 11 is 6.93. The lowest BCUT2D eigenvalue weighted by molar-refractivity contribution is -0.126. The molecule has 0 radical (unpaired) electrons. The SMILES string of the molecule is O=C(NCc1cccc(Cn2nc(CS(=O)(=O)c3ccc(Cl)s3)c3c(O)cccc32)c1)[C@@H]1COCCN1. The number of benzene rings is 2. The molecule has 9 nitrogen and oxygen atoms in total. The molecule has 4 aromatic rings. The first kappa shape index (κ1) is 25.7. The number of aromatic hydroxyl groups is 1. The average Bonchev–Trinajstić information content (AvgIpc) is 3.48. The van der Waals surface area contributed by atoms with Crippen molar-refractivity contribution in [2.45, 2.75) is 29.1 Å². The first-order valence-electron chi connectivity index (χ1n) is 11.6. The fraction of sp³-hybridized carbons (Fsp3) is 0.280. The van der Waals surface area contributed by atoms with Gasteiger partial charge in [-0.05, 0) is 35.4 Å². The van der Waals surface area contributed by atoms with Crippen molar-refractivity contribution in [3.05, 3.63) is 75.8 Å². The van der Waals surface area contributed by atoms with Crippen LogP contribution in [-0.4, -0.2) is 55.0 Å². The Kier molecular flexibility index (Phi) is 7.50. The van der Waals surface area contributed by atoms with Gasteiger partial charge >= 0.3 is 0 Å². The van der Waals surface area contributed by atoms with Crippen LogP contribution in [0.3, 0.4) is 0 Å². The number of sulfone groups is 1. The van der Waals surface area contributed by atoms with Crippen molar-refractivity contribution in [1.29, 1.82) is 0 Å². The molecule has 1 saturated heterocycles. The molecule has 3 N–H and O–H groups in total. The molecular weight excluding hydrogens is 536 g/mol. The van der Waals surface area contributed by atoms with Gasteiger partial charge in [-0.1, -0.05) is 41.9 Å². The number of fused-ring (bicyclic) bond motifs is 1. The maximum Gasteiger partial charge on any atom is 0.239 e. The maximum absolute atomic E-state index is 13.0. The highest BCUT2D eigenvalue weighted by atomic mass is 35.5. The van der Waals surface area contributed by atoms with Crippen LogP contribution in [0.2, 0.25) is 4.34 Å². The molecule has 1 aliphatic heterocycles. The number of carbonyl (C=O) groups is 1. The number of nitrogens with zero attached hydrogens (tertiary/aromatic N) is 2. The Balaban J connectivity index is 1.36. The summed E-state index contributed by atoms with van der Waals surface area (Å²) in [6, 6.07) is 15.4. The number of hydrogen-bond donors (Lipinski definition) is 3. The number of halogens is 1. The first-order chi connectivity index (χ1) is 17.8. The summed E-state index contributed by atoms with van der Waals surface area (Å²) in [5.41, 5.74) is 2.72. The smallest absolute Gasteiger partial charge is 0.239 e. The molecule has 1 aliphatic rings. The number of amides is 1. The number of nitrogens with one attached hydrogen (secondary N) is 2. The molecule has 1 atom stereocenters. The van der Waals surface area contributed by atoms with E-state index in [2.05, 4.69) is 15.7 Å². The van der Waals surface area contributed by atoms with Gasteiger partial charge in [0.2, 0.25) is 5.91 Å². The average molecular weight is 561 g/mol. The molecule has 5 rings (SSSR count). The van der Waals surface area contributed by atoms with Gasteiger partial charge in [0.25, 0.3) is 0 Å². The molecule has 2 aromatic heterocycles. The Morgan fingerprint density at radius 3 is 2.78 bits per heavy atom. The van der Waals surface area contributed by atoms with E-state index in [0.717, 1.165) is 22.5 Å². The van der Waals surface area contributed by atoms with Crippen molar-refractivity contribution in [1.82, 2.24) is 20.4 Å². The Morgan fingerprint density at radius 1 is 1.22 bits per heavy atom. The summed E-state index contributed by atoms with van der Waals surface area (Å²) in [5.74, 6) is -0.512. The summed E-state index contributed by atoms with van der Waals surface area (Å²) in [6.45, 7) is 2.30. The zero-order valence-electron chi connectivity index (χ0n) is 19.7. The van der Waals surface area contributed by atoms with E-state index < -0.39 is 9.84 Å². The van der Waals surface area contributed by atoms with Gasteiger partial charge < -0.3 is 20.5 Å². The van der Waals surface area contributed by atoms with E-state index in [1.54, 1.807) is 22.9 Å². The van der Waals surface area contributed by atoms with E-state index in [-0.39, 0.29) is 33.4 Å². The van der Waals surface area contributed by atoms with Gasteiger partial charge in [-0.25, -0.2) is 8.42 Å². The van der Waals surface area contributed by atoms with Crippen molar-refractivity contribution in [3.8, 4) is 5.75 Å². The topological polar surface area (TPSA) is 123 Å². The molecule has 0 bridgehead atoms. The number of ether oxygens (including phenoxy) is 1. The minimum atomic E-state index is -3.70. The van der Waals surface area contributed by atoms with Gasteiger partial charge in [0, 0.05) is 13.1 Å². The van der Waals surface area contributed by atoms with Crippen molar-refractivity contribution < 1.29 is 23.1 Å². The predicted molar refractivity (Wildman–Crippen MR) is 142 cm³/mol. The molecule has 1 fully saturated rings. The van der Waals surface area contributed by atoms with Crippen molar-refractivity contribution in [2.75, 3.05) is 19.8 Å². The van der Waals surface area contributed by atoms with Gasteiger partial charge in [-0.3, -0.25) is 9.48 Å². The molecule has 0 saturated carbocycles. The number of thiophene rings is 1. The third kappa shape index (κ3) is 5.81. The van der Waals surface area contributed by atoms with Crippen LogP contribution in [0.4, 0.5) is 0 Å². The Hall–Kier alpha value is -2.96. The van der Waals surface area contributed by atoms with Crippen molar-refractivity contribution in [3.63, 3.8) is 0 Å². The van der Waals surface area contributed by atoms with E-state index in [4.69, 9.17) is 16.3 Å².